The Morgan fingerprint density at radius 2 is 2.32 bits per heavy atom. The van der Waals surface area contributed by atoms with Crippen LogP contribution >= 0.6 is 22.9 Å². The monoisotopic (exact) mass is 315 g/mol. The summed E-state index contributed by atoms with van der Waals surface area (Å²) in [4.78, 5) is 4.16. The number of hydrogen-bond acceptors (Lipinski definition) is 7. The van der Waals surface area contributed by atoms with Crippen molar-refractivity contribution < 1.29 is 12.7 Å². The van der Waals surface area contributed by atoms with Crippen molar-refractivity contribution in [2.75, 3.05) is 6.26 Å². The molecule has 2 rings (SSSR count). The fourth-order valence-electron chi connectivity index (χ4n) is 1.21. The van der Waals surface area contributed by atoms with Gasteiger partial charge in [-0.3, -0.25) is 4.28 Å². The predicted molar refractivity (Wildman–Crippen MR) is 72.7 cm³/mol. The van der Waals surface area contributed by atoms with Gasteiger partial charge in [0.15, 0.2) is 5.01 Å². The van der Waals surface area contributed by atoms with Gasteiger partial charge in [0, 0.05) is 5.02 Å². The molecule has 0 spiro atoms. The molecule has 0 N–H and O–H groups in total. The maximum absolute atomic E-state index is 10.8. The molecule has 0 fully saturated rings. The van der Waals surface area contributed by atoms with Crippen LogP contribution in [0.2, 0.25) is 5.02 Å². The molecule has 0 saturated heterocycles. The number of hydrogen-bond donors (Lipinski definition) is 0. The van der Waals surface area contributed by atoms with Crippen LogP contribution in [0.5, 0.6) is 0 Å². The Kier molecular flexibility index (Phi) is 3.71. The lowest BCUT2D eigenvalue weighted by atomic mass is 10.3. The number of benzene rings is 1. The number of oxime groups is 1. The van der Waals surface area contributed by atoms with Gasteiger partial charge in [0.25, 0.3) is 0 Å². The maximum Gasteiger partial charge on any atom is 0.325 e. The Morgan fingerprint density at radius 1 is 1.58 bits per heavy atom. The summed E-state index contributed by atoms with van der Waals surface area (Å²) in [5.74, 6) is 0. The molecule has 0 aliphatic heterocycles. The minimum Gasteiger partial charge on any atom is -0.267 e. The quantitative estimate of drug-likeness (QED) is 0.639. The summed E-state index contributed by atoms with van der Waals surface area (Å²) in [5, 5.41) is 13.0. The predicted octanol–water partition coefficient (Wildman–Crippen LogP) is 2.15. The average Bonchev–Trinajstić information content (AvgIpc) is 2.71. The van der Waals surface area contributed by atoms with E-state index in [9.17, 15) is 8.42 Å². The smallest absolute Gasteiger partial charge is 0.267 e. The first-order chi connectivity index (χ1) is 8.89. The highest BCUT2D eigenvalue weighted by atomic mass is 35.5. The first-order valence-corrected chi connectivity index (χ1v) is 7.83. The molecule has 0 aliphatic carbocycles. The van der Waals surface area contributed by atoms with Gasteiger partial charge >= 0.3 is 10.1 Å². The van der Waals surface area contributed by atoms with Crippen LogP contribution in [0.25, 0.3) is 10.2 Å². The fraction of sp³-hybridized carbons (Fsp3) is 0.100. The summed E-state index contributed by atoms with van der Waals surface area (Å²) in [7, 11) is -3.76. The van der Waals surface area contributed by atoms with Gasteiger partial charge in [-0.15, -0.1) is 11.3 Å². The number of halogens is 1. The molecule has 98 valence electrons. The highest BCUT2D eigenvalue weighted by Gasteiger charge is 2.12. The van der Waals surface area contributed by atoms with E-state index >= 15 is 0 Å². The van der Waals surface area contributed by atoms with Crippen molar-refractivity contribution in [1.29, 1.82) is 5.26 Å². The van der Waals surface area contributed by atoms with Gasteiger partial charge in [0.2, 0.25) is 5.71 Å². The largest absolute Gasteiger partial charge is 0.325 e. The molecule has 0 amide bonds. The number of fused-ring (bicyclic) bond motifs is 1. The second-order valence-electron chi connectivity index (χ2n) is 3.46. The van der Waals surface area contributed by atoms with E-state index in [1.165, 1.54) is 11.3 Å². The lowest BCUT2D eigenvalue weighted by Crippen LogP contribution is -2.02. The van der Waals surface area contributed by atoms with Crippen LogP contribution in [-0.4, -0.2) is 25.4 Å². The van der Waals surface area contributed by atoms with E-state index in [0.29, 0.717) is 10.5 Å². The second-order valence-corrected chi connectivity index (χ2v) is 6.49. The first kappa shape index (κ1) is 13.7. The van der Waals surface area contributed by atoms with Crippen molar-refractivity contribution >= 4 is 49.0 Å². The van der Waals surface area contributed by atoms with Gasteiger partial charge < -0.3 is 0 Å². The van der Waals surface area contributed by atoms with Gasteiger partial charge in [0.1, 0.15) is 6.07 Å². The highest BCUT2D eigenvalue weighted by Crippen LogP contribution is 2.25. The van der Waals surface area contributed by atoms with Crippen molar-refractivity contribution in [2.45, 2.75) is 0 Å². The standard InChI is InChI=1S/C10H6ClN3O3S2/c1-19(15,16)17-14-8(5-12)10-13-7-3-2-6(11)4-9(7)18-10/h2-4H,1H3. The van der Waals surface area contributed by atoms with E-state index < -0.39 is 10.1 Å². The Morgan fingerprint density at radius 3 is 2.95 bits per heavy atom. The van der Waals surface area contributed by atoms with E-state index in [1.54, 1.807) is 24.3 Å². The molecule has 2 aromatic rings. The van der Waals surface area contributed by atoms with Gasteiger partial charge in [0.05, 0.1) is 16.5 Å². The average molecular weight is 316 g/mol. The summed E-state index contributed by atoms with van der Waals surface area (Å²) < 4.78 is 26.7. The first-order valence-electron chi connectivity index (χ1n) is 4.82. The molecule has 0 saturated carbocycles. The van der Waals surface area contributed by atoms with Crippen LogP contribution < -0.4 is 0 Å². The summed E-state index contributed by atoms with van der Waals surface area (Å²) in [6.45, 7) is 0. The lowest BCUT2D eigenvalue weighted by Gasteiger charge is -1.93. The molecule has 0 bridgehead atoms. The van der Waals surface area contributed by atoms with E-state index in [0.717, 1.165) is 11.0 Å². The third-order valence-corrected chi connectivity index (χ3v) is 3.53. The van der Waals surface area contributed by atoms with Crippen LogP contribution in [0.1, 0.15) is 5.01 Å². The zero-order valence-corrected chi connectivity index (χ0v) is 11.9. The second kappa shape index (κ2) is 5.13. The normalized spacial score (nSPS) is 12.4. The van der Waals surface area contributed by atoms with E-state index in [-0.39, 0.29) is 10.7 Å². The van der Waals surface area contributed by atoms with E-state index in [4.69, 9.17) is 16.9 Å². The van der Waals surface area contributed by atoms with Gasteiger partial charge in [-0.1, -0.05) is 16.8 Å². The number of nitriles is 1. The molecular formula is C10H6ClN3O3S2. The Labute approximate surface area is 118 Å². The van der Waals surface area contributed by atoms with Crippen LogP contribution in [0.3, 0.4) is 0 Å². The van der Waals surface area contributed by atoms with E-state index in [1.807, 2.05) is 0 Å². The SMILES string of the molecule is CS(=O)(=O)ON=C(C#N)c1nc2ccc(Cl)cc2s1. The summed E-state index contributed by atoms with van der Waals surface area (Å²) >= 11 is 7.01. The topological polar surface area (TPSA) is 92.4 Å². The van der Waals surface area contributed by atoms with Crippen LogP contribution in [0.4, 0.5) is 0 Å². The Balaban J connectivity index is 2.45. The molecule has 6 nitrogen and oxygen atoms in total. The summed E-state index contributed by atoms with van der Waals surface area (Å²) in [6, 6.07) is 6.81. The van der Waals surface area contributed by atoms with E-state index in [2.05, 4.69) is 14.4 Å². The zero-order chi connectivity index (χ0) is 14.0. The van der Waals surface area contributed by atoms with Crippen molar-refractivity contribution in [3.63, 3.8) is 0 Å². The number of aromatic nitrogens is 1. The van der Waals surface area contributed by atoms with Crippen LogP contribution in [0, 0.1) is 11.3 Å². The molecule has 0 unspecified atom stereocenters. The van der Waals surface area contributed by atoms with Crippen molar-refractivity contribution in [1.82, 2.24) is 4.98 Å². The van der Waals surface area contributed by atoms with Crippen LogP contribution in [-0.2, 0) is 14.4 Å². The number of rotatable bonds is 3. The molecule has 9 heteroatoms. The summed E-state index contributed by atoms with van der Waals surface area (Å²) in [6.07, 6.45) is 0.837. The molecule has 19 heavy (non-hydrogen) atoms. The lowest BCUT2D eigenvalue weighted by molar-refractivity contribution is 0.344. The third-order valence-electron chi connectivity index (χ3n) is 1.92. The molecule has 0 atom stereocenters. The van der Waals surface area contributed by atoms with Gasteiger partial charge in [-0.25, -0.2) is 4.98 Å². The Bertz CT molecular complexity index is 805. The third kappa shape index (κ3) is 3.41. The molecule has 0 radical (unpaired) electrons. The van der Waals surface area contributed by atoms with Crippen molar-refractivity contribution in [3.8, 4) is 6.07 Å². The molecule has 1 heterocycles. The number of thiazole rings is 1. The minimum atomic E-state index is -3.76. The van der Waals surface area contributed by atoms with Gasteiger partial charge in [-0.2, -0.15) is 13.7 Å². The summed E-state index contributed by atoms with van der Waals surface area (Å²) in [5.41, 5.74) is 0.439. The van der Waals surface area contributed by atoms with Gasteiger partial charge in [-0.05, 0) is 18.2 Å². The Hall–Kier alpha value is -1.69. The molecule has 1 aromatic carbocycles. The zero-order valence-electron chi connectivity index (χ0n) is 9.49. The molecule has 1 aromatic heterocycles. The molecule has 0 aliphatic rings. The maximum atomic E-state index is 10.8. The van der Waals surface area contributed by atoms with Crippen molar-refractivity contribution in [2.24, 2.45) is 5.16 Å². The fourth-order valence-corrected chi connectivity index (χ4v) is 2.59. The minimum absolute atomic E-state index is 0.206. The highest BCUT2D eigenvalue weighted by molar-refractivity contribution is 7.85. The van der Waals surface area contributed by atoms with Crippen molar-refractivity contribution in [3.05, 3.63) is 28.2 Å². The molecular weight excluding hydrogens is 310 g/mol. The van der Waals surface area contributed by atoms with Crippen LogP contribution in [0.15, 0.2) is 23.4 Å². The number of nitrogens with zero attached hydrogens (tertiary/aromatic N) is 3.